The minimum absolute atomic E-state index is 0.105. The standard InChI is InChI=1S/C17H10BrClN2O4/c18-10-1-6-14(22)9(7-10)8-13-15(23)20-17(25)21(16(13)24)12-4-2-11(19)3-5-12/h1-8,22H,(H,20,23,25)/b13-8+. The lowest BCUT2D eigenvalue weighted by atomic mass is 10.1. The van der Waals surface area contributed by atoms with Crippen LogP contribution in [0.3, 0.4) is 0 Å². The van der Waals surface area contributed by atoms with Crippen molar-refractivity contribution in [2.75, 3.05) is 4.90 Å². The quantitative estimate of drug-likeness (QED) is 0.574. The van der Waals surface area contributed by atoms with Crippen LogP contribution in [-0.2, 0) is 9.59 Å². The summed E-state index contributed by atoms with van der Waals surface area (Å²) in [5.74, 6) is -1.73. The van der Waals surface area contributed by atoms with Crippen LogP contribution in [0.2, 0.25) is 5.02 Å². The van der Waals surface area contributed by atoms with Crippen molar-refractivity contribution < 1.29 is 19.5 Å². The van der Waals surface area contributed by atoms with Gasteiger partial charge in [0.25, 0.3) is 11.8 Å². The minimum atomic E-state index is -0.854. The van der Waals surface area contributed by atoms with Crippen LogP contribution in [0, 0.1) is 0 Å². The highest BCUT2D eigenvalue weighted by molar-refractivity contribution is 9.10. The smallest absolute Gasteiger partial charge is 0.335 e. The normalized spacial score (nSPS) is 16.3. The first-order chi connectivity index (χ1) is 11.9. The zero-order valence-electron chi connectivity index (χ0n) is 12.5. The number of benzene rings is 2. The molecule has 25 heavy (non-hydrogen) atoms. The van der Waals surface area contributed by atoms with Crippen LogP contribution in [0.5, 0.6) is 5.75 Å². The molecule has 2 aromatic carbocycles. The molecule has 1 fully saturated rings. The van der Waals surface area contributed by atoms with Crippen molar-refractivity contribution in [1.29, 1.82) is 0 Å². The molecule has 1 aliphatic rings. The molecule has 2 aromatic rings. The number of anilines is 1. The van der Waals surface area contributed by atoms with E-state index in [1.165, 1.54) is 36.4 Å². The van der Waals surface area contributed by atoms with E-state index in [0.29, 0.717) is 9.50 Å². The van der Waals surface area contributed by atoms with E-state index in [2.05, 4.69) is 21.2 Å². The molecule has 0 aromatic heterocycles. The van der Waals surface area contributed by atoms with Crippen molar-refractivity contribution in [3.63, 3.8) is 0 Å². The molecule has 4 amide bonds. The Hall–Kier alpha value is -2.64. The summed E-state index contributed by atoms with van der Waals surface area (Å²) in [5.41, 5.74) is 0.255. The van der Waals surface area contributed by atoms with Crippen LogP contribution in [0.1, 0.15) is 5.56 Å². The lowest BCUT2D eigenvalue weighted by molar-refractivity contribution is -0.122. The summed E-state index contributed by atoms with van der Waals surface area (Å²) in [5, 5.41) is 12.5. The summed E-state index contributed by atoms with van der Waals surface area (Å²) in [7, 11) is 0. The van der Waals surface area contributed by atoms with Gasteiger partial charge in [-0.05, 0) is 48.5 Å². The molecule has 1 heterocycles. The van der Waals surface area contributed by atoms with E-state index in [1.807, 2.05) is 0 Å². The number of nitrogens with one attached hydrogen (secondary N) is 1. The van der Waals surface area contributed by atoms with Crippen LogP contribution >= 0.6 is 27.5 Å². The van der Waals surface area contributed by atoms with Gasteiger partial charge in [0, 0.05) is 15.1 Å². The average molecular weight is 422 g/mol. The number of rotatable bonds is 2. The number of barbiturate groups is 1. The minimum Gasteiger partial charge on any atom is -0.507 e. The van der Waals surface area contributed by atoms with Gasteiger partial charge in [-0.25, -0.2) is 9.69 Å². The van der Waals surface area contributed by atoms with Crippen molar-refractivity contribution >= 4 is 57.1 Å². The number of carbonyl (C=O) groups excluding carboxylic acids is 3. The number of hydrogen-bond donors (Lipinski definition) is 2. The van der Waals surface area contributed by atoms with E-state index >= 15 is 0 Å². The molecule has 0 unspecified atom stereocenters. The van der Waals surface area contributed by atoms with Gasteiger partial charge in [0.05, 0.1) is 5.69 Å². The lowest BCUT2D eigenvalue weighted by Crippen LogP contribution is -2.54. The summed E-state index contributed by atoms with van der Waals surface area (Å²) < 4.78 is 0.659. The van der Waals surface area contributed by atoms with Crippen molar-refractivity contribution in [2.45, 2.75) is 0 Å². The number of amides is 4. The Labute approximate surface area is 155 Å². The molecular weight excluding hydrogens is 412 g/mol. The number of hydrogen-bond acceptors (Lipinski definition) is 4. The number of urea groups is 1. The van der Waals surface area contributed by atoms with Gasteiger partial charge in [-0.3, -0.25) is 14.9 Å². The van der Waals surface area contributed by atoms with Crippen LogP contribution < -0.4 is 10.2 Å². The molecule has 126 valence electrons. The van der Waals surface area contributed by atoms with Gasteiger partial charge in [-0.1, -0.05) is 27.5 Å². The number of aromatic hydroxyl groups is 1. The second-order valence-corrected chi connectivity index (χ2v) is 6.49. The SMILES string of the molecule is O=C1NC(=O)N(c2ccc(Cl)cc2)C(=O)/C1=C/c1cc(Br)ccc1O. The first kappa shape index (κ1) is 17.2. The monoisotopic (exact) mass is 420 g/mol. The van der Waals surface area contributed by atoms with E-state index < -0.39 is 17.8 Å². The zero-order valence-corrected chi connectivity index (χ0v) is 14.8. The number of halogens is 2. The summed E-state index contributed by atoms with van der Waals surface area (Å²) in [6.07, 6.45) is 1.23. The van der Waals surface area contributed by atoms with Crippen molar-refractivity contribution in [3.8, 4) is 5.75 Å². The first-order valence-corrected chi connectivity index (χ1v) is 8.19. The van der Waals surface area contributed by atoms with E-state index in [0.717, 1.165) is 4.90 Å². The summed E-state index contributed by atoms with van der Waals surface area (Å²) in [6.45, 7) is 0. The van der Waals surface area contributed by atoms with Gasteiger partial charge in [-0.2, -0.15) is 0 Å². The Kier molecular flexibility index (Phi) is 4.61. The summed E-state index contributed by atoms with van der Waals surface area (Å²) in [4.78, 5) is 37.7. The van der Waals surface area contributed by atoms with E-state index in [4.69, 9.17) is 11.6 Å². The molecule has 3 rings (SSSR count). The number of phenols is 1. The van der Waals surface area contributed by atoms with Gasteiger partial charge in [0.1, 0.15) is 11.3 Å². The topological polar surface area (TPSA) is 86.7 Å². The van der Waals surface area contributed by atoms with Gasteiger partial charge in [0.2, 0.25) is 0 Å². The molecule has 1 saturated heterocycles. The van der Waals surface area contributed by atoms with Crippen LogP contribution in [0.4, 0.5) is 10.5 Å². The largest absolute Gasteiger partial charge is 0.507 e. The van der Waals surface area contributed by atoms with E-state index in [-0.39, 0.29) is 22.6 Å². The molecule has 8 heteroatoms. The van der Waals surface area contributed by atoms with Crippen LogP contribution in [-0.4, -0.2) is 23.0 Å². The third-order valence-corrected chi connectivity index (χ3v) is 4.22. The van der Waals surface area contributed by atoms with Crippen LogP contribution in [0.25, 0.3) is 6.08 Å². The Bertz CT molecular complexity index is 925. The first-order valence-electron chi connectivity index (χ1n) is 7.02. The highest BCUT2D eigenvalue weighted by atomic mass is 79.9. The second-order valence-electron chi connectivity index (χ2n) is 5.14. The molecule has 0 radical (unpaired) electrons. The fourth-order valence-corrected chi connectivity index (χ4v) is 2.78. The fraction of sp³-hybridized carbons (Fsp3) is 0. The second kappa shape index (κ2) is 6.70. The zero-order chi connectivity index (χ0) is 18.1. The predicted octanol–water partition coefficient (Wildman–Crippen LogP) is 3.47. The Balaban J connectivity index is 2.05. The molecule has 1 aliphatic heterocycles. The number of phenolic OH excluding ortho intramolecular Hbond substituents is 1. The molecule has 0 saturated carbocycles. The summed E-state index contributed by atoms with van der Waals surface area (Å²) in [6, 6.07) is 9.76. The third kappa shape index (κ3) is 3.42. The van der Waals surface area contributed by atoms with Gasteiger partial charge in [-0.15, -0.1) is 0 Å². The van der Waals surface area contributed by atoms with E-state index in [1.54, 1.807) is 12.1 Å². The number of carbonyl (C=O) groups is 3. The van der Waals surface area contributed by atoms with Gasteiger partial charge in [0.15, 0.2) is 0 Å². The Morgan fingerprint density at radius 3 is 2.44 bits per heavy atom. The van der Waals surface area contributed by atoms with Crippen LogP contribution in [0.15, 0.2) is 52.5 Å². The van der Waals surface area contributed by atoms with Crippen molar-refractivity contribution in [1.82, 2.24) is 5.32 Å². The Morgan fingerprint density at radius 1 is 1.08 bits per heavy atom. The number of nitrogens with zero attached hydrogens (tertiary/aromatic N) is 1. The van der Waals surface area contributed by atoms with Gasteiger partial charge < -0.3 is 5.11 Å². The molecule has 0 atom stereocenters. The Morgan fingerprint density at radius 2 is 1.76 bits per heavy atom. The molecule has 0 bridgehead atoms. The predicted molar refractivity (Wildman–Crippen MR) is 96.3 cm³/mol. The summed E-state index contributed by atoms with van der Waals surface area (Å²) >= 11 is 9.07. The van der Waals surface area contributed by atoms with Gasteiger partial charge >= 0.3 is 6.03 Å². The van der Waals surface area contributed by atoms with Crippen molar-refractivity contribution in [3.05, 3.63) is 63.1 Å². The maximum atomic E-state index is 12.7. The molecular formula is C17H10BrClN2O4. The highest BCUT2D eigenvalue weighted by Gasteiger charge is 2.36. The lowest BCUT2D eigenvalue weighted by Gasteiger charge is -2.26. The highest BCUT2D eigenvalue weighted by Crippen LogP contribution is 2.27. The maximum Gasteiger partial charge on any atom is 0.335 e. The molecule has 2 N–H and O–H groups in total. The molecule has 0 spiro atoms. The molecule has 6 nitrogen and oxygen atoms in total. The maximum absolute atomic E-state index is 12.7. The van der Waals surface area contributed by atoms with Crippen molar-refractivity contribution in [2.24, 2.45) is 0 Å². The average Bonchev–Trinajstić information content (AvgIpc) is 2.56. The van der Waals surface area contributed by atoms with E-state index in [9.17, 15) is 19.5 Å². The fourth-order valence-electron chi connectivity index (χ4n) is 2.28. The third-order valence-electron chi connectivity index (χ3n) is 3.48. The number of imide groups is 2. The molecule has 0 aliphatic carbocycles.